The second-order valence-electron chi connectivity index (χ2n) is 8.68. The number of azo groups is 1. The van der Waals surface area contributed by atoms with Gasteiger partial charge in [0.05, 0.1) is 17.7 Å². The fourth-order valence-corrected chi connectivity index (χ4v) is 6.06. The van der Waals surface area contributed by atoms with E-state index in [0.29, 0.717) is 10.2 Å². The van der Waals surface area contributed by atoms with Crippen LogP contribution in [0.3, 0.4) is 0 Å². The molecular weight excluding hydrogens is 614 g/mol. The number of fused-ring (bicyclic) bond motifs is 1. The summed E-state index contributed by atoms with van der Waals surface area (Å²) in [5.74, 6) is -3.00. The van der Waals surface area contributed by atoms with Crippen molar-refractivity contribution in [1.29, 1.82) is 0 Å². The maximum Gasteiger partial charge on any atom is 0.336 e. The molecule has 0 bridgehead atoms. The van der Waals surface area contributed by atoms with Crippen molar-refractivity contribution in [3.8, 4) is 11.3 Å². The van der Waals surface area contributed by atoms with Crippen LogP contribution in [0.15, 0.2) is 38.8 Å². The molecule has 0 saturated carbocycles. The predicted octanol–water partition coefficient (Wildman–Crippen LogP) is 2.75. The van der Waals surface area contributed by atoms with Crippen molar-refractivity contribution in [2.75, 3.05) is 18.1 Å². The normalized spacial score (nSPS) is 12.6. The number of H-pyrrole nitrogens is 1. The fourth-order valence-electron chi connectivity index (χ4n) is 3.50. The number of hydrogen-bond donors (Lipinski definition) is 5. The minimum atomic E-state index is -4.12. The Morgan fingerprint density at radius 2 is 1.90 bits per heavy atom. The number of aromatic amines is 1. The van der Waals surface area contributed by atoms with Crippen molar-refractivity contribution in [3.05, 3.63) is 35.7 Å². The molecule has 17 nitrogen and oxygen atoms in total. The molecular formula is C22H23N9O8S3. The van der Waals surface area contributed by atoms with Gasteiger partial charge in [-0.15, -0.1) is 35.3 Å². The molecule has 0 saturated heterocycles. The Balaban J connectivity index is 1.63. The molecule has 0 aliphatic rings. The van der Waals surface area contributed by atoms with E-state index >= 15 is 0 Å². The zero-order valence-electron chi connectivity index (χ0n) is 21.7. The van der Waals surface area contributed by atoms with Crippen LogP contribution in [0.4, 0.5) is 10.8 Å². The number of nitrogens with zero attached hydrogens (tertiary/aromatic N) is 7. The van der Waals surface area contributed by atoms with E-state index in [1.807, 2.05) is 0 Å². The first kappa shape index (κ1) is 30.7. The number of rotatable bonds is 14. The second-order valence-corrected chi connectivity index (χ2v) is 12.6. The van der Waals surface area contributed by atoms with Crippen LogP contribution in [0.2, 0.25) is 0 Å². The number of aromatic nitrogens is 6. The molecule has 222 valence electrons. The molecule has 0 radical (unpaired) electrons. The molecule has 42 heavy (non-hydrogen) atoms. The summed E-state index contributed by atoms with van der Waals surface area (Å²) in [5.41, 5.74) is 0.831. The molecule has 0 aliphatic carbocycles. The Bertz CT molecular complexity index is 1760. The van der Waals surface area contributed by atoms with Crippen molar-refractivity contribution in [1.82, 2.24) is 35.3 Å². The number of thioether (sulfide) groups is 1. The molecule has 4 rings (SSSR count). The second kappa shape index (κ2) is 13.1. The standard InChI is InChI=1S/C22H23N9O8S3/c1-11(10-23-14(32)6-7-15(33)34)18-24-19-17(25-26-21-27-28-22(41-21)40-8-9-42(37,38)39)16(29-31(19)30-18)12-4-2-3-5-13(12)20(35)36/h2-5,11H,6-10H2,1H3,(H,23,32)(H,24,30)(H,33,34)(H,35,36)(H,37,38,39)/b26-25+. The molecule has 0 fully saturated rings. The highest BCUT2D eigenvalue weighted by molar-refractivity contribution is 8.01. The third kappa shape index (κ3) is 7.93. The number of carboxylic acids is 2. The summed E-state index contributed by atoms with van der Waals surface area (Å²) in [4.78, 5) is 37.6. The highest BCUT2D eigenvalue weighted by atomic mass is 32.2. The SMILES string of the molecule is CC(CNC(=O)CCC(=O)O)c1nn2nc(-c3ccccc3C(=O)O)c(/N=N/c3nnc(SCCS(=O)(=O)O)s3)c2[nH]1. The molecule has 0 spiro atoms. The number of carboxylic acid groups (broad SMARTS) is 2. The maximum atomic E-state index is 11.9. The lowest BCUT2D eigenvalue weighted by Gasteiger charge is -2.09. The van der Waals surface area contributed by atoms with Crippen LogP contribution in [-0.2, 0) is 19.7 Å². The number of nitrogens with one attached hydrogen (secondary N) is 2. The van der Waals surface area contributed by atoms with Crippen LogP contribution in [0, 0.1) is 0 Å². The highest BCUT2D eigenvalue weighted by Crippen LogP contribution is 2.37. The van der Waals surface area contributed by atoms with Crippen molar-refractivity contribution < 1.29 is 37.6 Å². The number of aromatic carboxylic acids is 1. The number of carbonyl (C=O) groups is 3. The first-order valence-electron chi connectivity index (χ1n) is 12.0. The van der Waals surface area contributed by atoms with Gasteiger partial charge in [0, 0.05) is 30.2 Å². The van der Waals surface area contributed by atoms with E-state index in [4.69, 9.17) is 9.66 Å². The Kier molecular flexibility index (Phi) is 9.60. The van der Waals surface area contributed by atoms with E-state index in [2.05, 4.69) is 40.9 Å². The van der Waals surface area contributed by atoms with Gasteiger partial charge in [0.2, 0.25) is 5.91 Å². The van der Waals surface area contributed by atoms with Gasteiger partial charge in [-0.2, -0.15) is 8.42 Å². The minimum Gasteiger partial charge on any atom is -0.481 e. The highest BCUT2D eigenvalue weighted by Gasteiger charge is 2.24. The Morgan fingerprint density at radius 1 is 1.14 bits per heavy atom. The van der Waals surface area contributed by atoms with Gasteiger partial charge >= 0.3 is 11.9 Å². The molecule has 4 aromatic rings. The number of aliphatic carboxylic acids is 1. The predicted molar refractivity (Wildman–Crippen MR) is 149 cm³/mol. The zero-order valence-corrected chi connectivity index (χ0v) is 24.1. The quantitative estimate of drug-likeness (QED) is 0.0758. The lowest BCUT2D eigenvalue weighted by atomic mass is 10.0. The van der Waals surface area contributed by atoms with E-state index in [0.717, 1.165) is 23.1 Å². The van der Waals surface area contributed by atoms with Crippen molar-refractivity contribution in [3.63, 3.8) is 0 Å². The zero-order chi connectivity index (χ0) is 30.4. The molecule has 3 aromatic heterocycles. The first-order chi connectivity index (χ1) is 19.9. The molecule has 1 atom stereocenters. The van der Waals surface area contributed by atoms with Gasteiger partial charge in [0.25, 0.3) is 15.2 Å². The number of amides is 1. The van der Waals surface area contributed by atoms with E-state index in [-0.39, 0.29) is 64.3 Å². The summed E-state index contributed by atoms with van der Waals surface area (Å²) in [7, 11) is -4.12. The molecule has 1 unspecified atom stereocenters. The van der Waals surface area contributed by atoms with Crippen molar-refractivity contribution >= 4 is 67.5 Å². The van der Waals surface area contributed by atoms with Crippen LogP contribution in [0.5, 0.6) is 0 Å². The lowest BCUT2D eigenvalue weighted by Crippen LogP contribution is -2.28. The summed E-state index contributed by atoms with van der Waals surface area (Å²) in [5, 5.41) is 46.3. The number of carbonyl (C=O) groups excluding carboxylic acids is 1. The molecule has 1 amide bonds. The first-order valence-corrected chi connectivity index (χ1v) is 15.5. The molecule has 1 aromatic carbocycles. The lowest BCUT2D eigenvalue weighted by molar-refractivity contribution is -0.138. The van der Waals surface area contributed by atoms with Crippen LogP contribution in [0.1, 0.15) is 41.9 Å². The average molecular weight is 638 g/mol. The minimum absolute atomic E-state index is 0.0270. The Hall–Kier alpha value is -4.27. The van der Waals surface area contributed by atoms with Crippen LogP contribution in [0.25, 0.3) is 16.9 Å². The number of hydrogen-bond acceptors (Lipinski definition) is 13. The topological polar surface area (TPSA) is 255 Å². The third-order valence-corrected chi connectivity index (χ3v) is 8.46. The van der Waals surface area contributed by atoms with Gasteiger partial charge in [-0.3, -0.25) is 14.1 Å². The maximum absolute atomic E-state index is 11.9. The van der Waals surface area contributed by atoms with E-state index in [1.54, 1.807) is 25.1 Å². The summed E-state index contributed by atoms with van der Waals surface area (Å²) >= 11 is 2.09. The number of benzene rings is 1. The third-order valence-electron chi connectivity index (χ3n) is 5.54. The van der Waals surface area contributed by atoms with Gasteiger partial charge in [0.15, 0.2) is 15.7 Å². The molecule has 0 aliphatic heterocycles. The Morgan fingerprint density at radius 3 is 2.62 bits per heavy atom. The smallest absolute Gasteiger partial charge is 0.336 e. The summed E-state index contributed by atoms with van der Waals surface area (Å²) in [6.45, 7) is 1.93. The fraction of sp³-hybridized carbons (Fsp3) is 0.318. The van der Waals surface area contributed by atoms with Crippen molar-refractivity contribution in [2.45, 2.75) is 30.0 Å². The summed E-state index contributed by atoms with van der Waals surface area (Å²) in [6, 6.07) is 6.20. The van der Waals surface area contributed by atoms with Gasteiger partial charge in [-0.1, -0.05) is 48.2 Å². The average Bonchev–Trinajstić information content (AvgIpc) is 3.63. The van der Waals surface area contributed by atoms with E-state index in [1.165, 1.54) is 10.7 Å². The van der Waals surface area contributed by atoms with Gasteiger partial charge in [-0.25, -0.2) is 4.79 Å². The van der Waals surface area contributed by atoms with Gasteiger partial charge in [-0.05, 0) is 6.07 Å². The van der Waals surface area contributed by atoms with Crippen LogP contribution in [-0.4, -0.2) is 89.1 Å². The molecule has 20 heteroatoms. The largest absolute Gasteiger partial charge is 0.481 e. The molecule has 3 heterocycles. The van der Waals surface area contributed by atoms with Crippen molar-refractivity contribution in [2.24, 2.45) is 10.2 Å². The monoisotopic (exact) mass is 637 g/mol. The van der Waals surface area contributed by atoms with E-state index in [9.17, 15) is 27.9 Å². The Labute approximate surface area is 245 Å². The van der Waals surface area contributed by atoms with Crippen LogP contribution >= 0.6 is 23.1 Å². The van der Waals surface area contributed by atoms with Gasteiger partial charge in [0.1, 0.15) is 11.5 Å². The summed E-state index contributed by atoms with van der Waals surface area (Å²) in [6.07, 6.45) is -0.449. The summed E-state index contributed by atoms with van der Waals surface area (Å²) < 4.78 is 32.4. The van der Waals surface area contributed by atoms with Gasteiger partial charge < -0.3 is 20.5 Å². The van der Waals surface area contributed by atoms with Crippen LogP contribution < -0.4 is 5.32 Å². The van der Waals surface area contributed by atoms with E-state index < -0.39 is 33.7 Å². The molecule has 5 N–H and O–H groups in total.